The first-order valence-electron chi connectivity index (χ1n) is 14.8. The van der Waals surface area contributed by atoms with Crippen LogP contribution in [0.2, 0.25) is 0 Å². The fraction of sp³-hybridized carbons (Fsp3) is 0. The van der Waals surface area contributed by atoms with Crippen LogP contribution in [0.4, 0.5) is 5.82 Å². The second-order valence-corrected chi connectivity index (χ2v) is 11.1. The first-order valence-corrected chi connectivity index (χ1v) is 14.8. The van der Waals surface area contributed by atoms with Gasteiger partial charge in [0.25, 0.3) is 0 Å². The van der Waals surface area contributed by atoms with Crippen molar-refractivity contribution in [3.05, 3.63) is 169 Å². The van der Waals surface area contributed by atoms with Crippen LogP contribution in [0.25, 0.3) is 66.3 Å². The highest BCUT2D eigenvalue weighted by atomic mass is 15.1. The maximum absolute atomic E-state index is 6.61. The van der Waals surface area contributed by atoms with Crippen molar-refractivity contribution in [1.82, 2.24) is 9.38 Å². The van der Waals surface area contributed by atoms with Crippen molar-refractivity contribution in [3.63, 3.8) is 0 Å². The summed E-state index contributed by atoms with van der Waals surface area (Å²) in [5.41, 5.74) is 17.0. The molecule has 0 saturated carbocycles. The van der Waals surface area contributed by atoms with Gasteiger partial charge in [0, 0.05) is 11.8 Å². The van der Waals surface area contributed by atoms with Crippen LogP contribution in [0, 0.1) is 0 Å². The second-order valence-electron chi connectivity index (χ2n) is 11.1. The number of nitrogen functional groups attached to an aromatic ring is 1. The highest BCUT2D eigenvalue weighted by Gasteiger charge is 2.19. The summed E-state index contributed by atoms with van der Waals surface area (Å²) in [6, 6.07) is 51.1. The van der Waals surface area contributed by atoms with Crippen molar-refractivity contribution < 1.29 is 0 Å². The van der Waals surface area contributed by atoms with Crippen molar-refractivity contribution >= 4 is 38.6 Å². The van der Waals surface area contributed by atoms with Gasteiger partial charge in [-0.2, -0.15) is 0 Å². The fourth-order valence-electron chi connectivity index (χ4n) is 6.54. The summed E-state index contributed by atoms with van der Waals surface area (Å²) < 4.78 is 1.92. The third-order valence-corrected chi connectivity index (χ3v) is 8.57. The Morgan fingerprint density at radius 1 is 0.568 bits per heavy atom. The Morgan fingerprint density at radius 3 is 1.82 bits per heavy atom. The first-order chi connectivity index (χ1) is 21.7. The summed E-state index contributed by atoms with van der Waals surface area (Å²) in [6.45, 7) is 4.60. The monoisotopic (exact) mass is 563 g/mol. The highest BCUT2D eigenvalue weighted by Crippen LogP contribution is 2.44. The normalized spacial score (nSPS) is 11.4. The zero-order valence-corrected chi connectivity index (χ0v) is 24.1. The molecule has 2 aromatic heterocycles. The van der Waals surface area contributed by atoms with Crippen molar-refractivity contribution in [2.24, 2.45) is 0 Å². The van der Waals surface area contributed by atoms with Crippen LogP contribution in [0.1, 0.15) is 11.1 Å². The Bertz CT molecular complexity index is 2310. The topological polar surface area (TPSA) is 43.3 Å². The molecular formula is C41H29N3. The van der Waals surface area contributed by atoms with E-state index in [4.69, 9.17) is 10.7 Å². The van der Waals surface area contributed by atoms with E-state index in [9.17, 15) is 0 Å². The lowest BCUT2D eigenvalue weighted by atomic mass is 9.85. The van der Waals surface area contributed by atoms with E-state index in [2.05, 4.69) is 122 Å². The Balaban J connectivity index is 1.31. The van der Waals surface area contributed by atoms with Gasteiger partial charge in [-0.1, -0.05) is 134 Å². The number of fused-ring (bicyclic) bond motifs is 3. The number of benzene rings is 6. The van der Waals surface area contributed by atoms with Gasteiger partial charge in [0.2, 0.25) is 0 Å². The molecule has 8 rings (SSSR count). The SMILES string of the molecule is C=C(c1cccc(-c2c3ccccc3c(-c3ccccc3)c3ccccc23)c1)c1ccccc1-c1nc2ccccn2c1N. The summed E-state index contributed by atoms with van der Waals surface area (Å²) >= 11 is 0. The quantitative estimate of drug-likeness (QED) is 0.212. The van der Waals surface area contributed by atoms with Crippen molar-refractivity contribution in [2.75, 3.05) is 5.73 Å². The van der Waals surface area contributed by atoms with E-state index in [0.717, 1.165) is 39.2 Å². The smallest absolute Gasteiger partial charge is 0.139 e. The van der Waals surface area contributed by atoms with E-state index in [0.29, 0.717) is 5.82 Å². The zero-order valence-electron chi connectivity index (χ0n) is 24.1. The second kappa shape index (κ2) is 10.4. The van der Waals surface area contributed by atoms with Gasteiger partial charge < -0.3 is 5.73 Å². The molecule has 44 heavy (non-hydrogen) atoms. The molecular weight excluding hydrogens is 534 g/mol. The minimum Gasteiger partial charge on any atom is -0.383 e. The molecule has 0 amide bonds. The third kappa shape index (κ3) is 4.10. The molecule has 0 bridgehead atoms. The predicted octanol–water partition coefficient (Wildman–Crippen LogP) is 10.3. The molecule has 0 unspecified atom stereocenters. The summed E-state index contributed by atoms with van der Waals surface area (Å²) in [6.07, 6.45) is 1.94. The minimum absolute atomic E-state index is 0.617. The number of pyridine rings is 1. The number of imidazole rings is 1. The van der Waals surface area contributed by atoms with E-state index < -0.39 is 0 Å². The molecule has 208 valence electrons. The molecule has 2 heterocycles. The Labute approximate surface area is 256 Å². The molecule has 2 N–H and O–H groups in total. The van der Waals surface area contributed by atoms with Gasteiger partial charge >= 0.3 is 0 Å². The first kappa shape index (κ1) is 25.8. The lowest BCUT2D eigenvalue weighted by molar-refractivity contribution is 1.20. The number of aromatic nitrogens is 2. The molecule has 0 aliphatic heterocycles. The van der Waals surface area contributed by atoms with Crippen molar-refractivity contribution in [1.29, 1.82) is 0 Å². The Morgan fingerprint density at radius 2 is 1.14 bits per heavy atom. The molecule has 0 radical (unpaired) electrons. The van der Waals surface area contributed by atoms with Crippen LogP contribution >= 0.6 is 0 Å². The Hall–Kier alpha value is -5.93. The van der Waals surface area contributed by atoms with E-state index in [1.807, 2.05) is 40.9 Å². The molecule has 3 heteroatoms. The van der Waals surface area contributed by atoms with E-state index in [1.54, 1.807) is 0 Å². The predicted molar refractivity (Wildman–Crippen MR) is 186 cm³/mol. The van der Waals surface area contributed by atoms with Crippen LogP contribution in [-0.4, -0.2) is 9.38 Å². The fourth-order valence-corrected chi connectivity index (χ4v) is 6.54. The summed E-state index contributed by atoms with van der Waals surface area (Å²) in [5.74, 6) is 0.617. The molecule has 0 aliphatic rings. The molecule has 8 aromatic rings. The van der Waals surface area contributed by atoms with Gasteiger partial charge in [-0.25, -0.2) is 4.98 Å². The molecule has 0 spiro atoms. The van der Waals surface area contributed by atoms with Crippen LogP contribution in [0.15, 0.2) is 158 Å². The number of hydrogen-bond acceptors (Lipinski definition) is 2. The van der Waals surface area contributed by atoms with Gasteiger partial charge in [-0.05, 0) is 78.7 Å². The molecule has 6 aromatic carbocycles. The Kier molecular flexibility index (Phi) is 6.09. The van der Waals surface area contributed by atoms with Crippen LogP contribution in [-0.2, 0) is 0 Å². The number of nitrogens with zero attached hydrogens (tertiary/aromatic N) is 2. The molecule has 0 fully saturated rings. The van der Waals surface area contributed by atoms with E-state index in [-0.39, 0.29) is 0 Å². The summed E-state index contributed by atoms with van der Waals surface area (Å²) in [7, 11) is 0. The lowest BCUT2D eigenvalue weighted by Gasteiger charge is -2.18. The number of anilines is 1. The lowest BCUT2D eigenvalue weighted by Crippen LogP contribution is -1.96. The number of rotatable bonds is 5. The average Bonchev–Trinajstić information content (AvgIpc) is 3.43. The van der Waals surface area contributed by atoms with Gasteiger partial charge in [0.05, 0.1) is 0 Å². The van der Waals surface area contributed by atoms with Crippen molar-refractivity contribution in [2.45, 2.75) is 0 Å². The summed E-state index contributed by atoms with van der Waals surface area (Å²) in [5, 5.41) is 4.94. The van der Waals surface area contributed by atoms with Crippen molar-refractivity contribution in [3.8, 4) is 33.5 Å². The highest BCUT2D eigenvalue weighted by molar-refractivity contribution is 6.21. The largest absolute Gasteiger partial charge is 0.383 e. The van der Waals surface area contributed by atoms with Crippen LogP contribution < -0.4 is 5.73 Å². The maximum atomic E-state index is 6.61. The summed E-state index contributed by atoms with van der Waals surface area (Å²) in [4.78, 5) is 4.88. The van der Waals surface area contributed by atoms with E-state index >= 15 is 0 Å². The van der Waals surface area contributed by atoms with E-state index in [1.165, 1.54) is 38.2 Å². The molecule has 3 nitrogen and oxygen atoms in total. The van der Waals surface area contributed by atoms with Gasteiger partial charge in [-0.3, -0.25) is 4.40 Å². The molecule has 0 aliphatic carbocycles. The number of nitrogens with two attached hydrogens (primary N) is 1. The minimum atomic E-state index is 0.617. The third-order valence-electron chi connectivity index (χ3n) is 8.57. The van der Waals surface area contributed by atoms with Crippen LogP contribution in [0.3, 0.4) is 0 Å². The molecule has 0 saturated heterocycles. The molecule has 0 atom stereocenters. The van der Waals surface area contributed by atoms with Gasteiger partial charge in [0.15, 0.2) is 0 Å². The van der Waals surface area contributed by atoms with Gasteiger partial charge in [0.1, 0.15) is 17.2 Å². The standard InChI is InChI=1S/C41H29N3/c1-27(31-18-5-10-23-36(31)40-41(42)44-25-12-11-24-37(44)43-40)29-16-13-17-30(26-29)39-34-21-8-6-19-32(34)38(28-14-3-2-4-15-28)33-20-7-9-22-35(33)39/h2-26H,1,42H2. The maximum Gasteiger partial charge on any atom is 0.139 e. The number of hydrogen-bond donors (Lipinski definition) is 1. The van der Waals surface area contributed by atoms with Gasteiger partial charge in [-0.15, -0.1) is 0 Å². The zero-order chi connectivity index (χ0) is 29.6. The van der Waals surface area contributed by atoms with Crippen LogP contribution in [0.5, 0.6) is 0 Å². The average molecular weight is 564 g/mol.